The summed E-state index contributed by atoms with van der Waals surface area (Å²) in [5, 5.41) is 13.3. The molecule has 7 heteroatoms. The van der Waals surface area contributed by atoms with Crippen LogP contribution in [0.3, 0.4) is 0 Å². The number of ketones is 2. The molecule has 2 N–H and O–H groups in total. The van der Waals surface area contributed by atoms with Crippen molar-refractivity contribution in [3.63, 3.8) is 0 Å². The summed E-state index contributed by atoms with van der Waals surface area (Å²) in [4.78, 5) is 40.0. The molecule has 1 amide bonds. The van der Waals surface area contributed by atoms with Crippen LogP contribution in [0.1, 0.15) is 47.5 Å². The Morgan fingerprint density at radius 2 is 2.00 bits per heavy atom. The van der Waals surface area contributed by atoms with Crippen LogP contribution in [0.2, 0.25) is 0 Å². The minimum atomic E-state index is -0.754. The molecule has 1 saturated carbocycles. The summed E-state index contributed by atoms with van der Waals surface area (Å²) in [6.07, 6.45) is 1.71. The number of aliphatic hydroxyl groups is 1. The van der Waals surface area contributed by atoms with E-state index in [2.05, 4.69) is 21.1 Å². The average molecular weight is 396 g/mol. The third-order valence-corrected chi connectivity index (χ3v) is 6.66. The summed E-state index contributed by atoms with van der Waals surface area (Å²) in [6.45, 7) is 13.0. The smallest absolute Gasteiger partial charge is 0.241 e. The second-order valence-electron chi connectivity index (χ2n) is 9.23. The van der Waals surface area contributed by atoms with Gasteiger partial charge < -0.3 is 10.0 Å². The van der Waals surface area contributed by atoms with Crippen molar-refractivity contribution in [3.05, 3.63) is 12.7 Å². The monoisotopic (exact) mass is 396 g/mol. The summed E-state index contributed by atoms with van der Waals surface area (Å²) >= 11 is 0. The molecule has 2 aliphatic rings. The molecule has 1 saturated heterocycles. The first-order valence-electron chi connectivity index (χ1n) is 9.51. The van der Waals surface area contributed by atoms with Crippen molar-refractivity contribution in [2.24, 2.45) is 22.7 Å². The summed E-state index contributed by atoms with van der Waals surface area (Å²) in [5.74, 6) is -0.711. The quantitative estimate of drug-likeness (QED) is 0.506. The van der Waals surface area contributed by atoms with Crippen molar-refractivity contribution in [2.75, 3.05) is 6.54 Å². The zero-order valence-electron chi connectivity index (χ0n) is 17.0. The fourth-order valence-corrected chi connectivity index (χ4v) is 4.96. The van der Waals surface area contributed by atoms with Gasteiger partial charge in [0.1, 0.15) is 5.78 Å². The van der Waals surface area contributed by atoms with Crippen LogP contribution in [0.5, 0.6) is 0 Å². The van der Waals surface area contributed by atoms with E-state index in [1.54, 1.807) is 13.0 Å². The van der Waals surface area contributed by atoms with Gasteiger partial charge >= 0.3 is 0 Å². The van der Waals surface area contributed by atoms with E-state index in [4.69, 9.17) is 0 Å². The molecule has 0 bridgehead atoms. The van der Waals surface area contributed by atoms with Gasteiger partial charge in [-0.15, -0.1) is 6.58 Å². The predicted octanol–water partition coefficient (Wildman–Crippen LogP) is 1.73. The zero-order valence-corrected chi connectivity index (χ0v) is 18.1. The van der Waals surface area contributed by atoms with E-state index in [-0.39, 0.29) is 47.7 Å². The van der Waals surface area contributed by atoms with E-state index in [1.165, 1.54) is 11.8 Å². The number of nitrogens with one attached hydrogen (secondary N) is 1. The molecule has 27 heavy (non-hydrogen) atoms. The molecule has 152 valence electrons. The van der Waals surface area contributed by atoms with Crippen molar-refractivity contribution >= 4 is 26.9 Å². The van der Waals surface area contributed by atoms with Crippen LogP contribution in [0.4, 0.5) is 0 Å². The number of rotatable bonds is 7. The maximum Gasteiger partial charge on any atom is 0.241 e. The van der Waals surface area contributed by atoms with Crippen LogP contribution in [-0.2, 0) is 14.4 Å². The van der Waals surface area contributed by atoms with E-state index < -0.39 is 23.6 Å². The van der Waals surface area contributed by atoms with Gasteiger partial charge in [0.15, 0.2) is 5.78 Å². The average Bonchev–Trinajstić information content (AvgIpc) is 3.19. The molecular formula is C20H33N2O4P. The second-order valence-corrected chi connectivity index (χ2v) is 9.56. The molecule has 1 aliphatic carbocycles. The van der Waals surface area contributed by atoms with E-state index in [9.17, 15) is 19.5 Å². The highest BCUT2D eigenvalue weighted by Crippen LogP contribution is 2.57. The lowest BCUT2D eigenvalue weighted by molar-refractivity contribution is -0.142. The maximum absolute atomic E-state index is 13.2. The molecule has 0 aromatic carbocycles. The SMILES string of the molecule is C=C[C@@H]1C[C@]1(CC(=O)[C@@H]1C(C)[C@@H](O)CN1C(=O)[C@@H](NP)C(C)(C)C)C(C)=O. The molecule has 0 radical (unpaired) electrons. The normalized spacial score (nSPS) is 34.3. The van der Waals surface area contributed by atoms with Gasteiger partial charge in [0.2, 0.25) is 5.91 Å². The topological polar surface area (TPSA) is 86.7 Å². The number of hydrogen-bond donors (Lipinski definition) is 2. The van der Waals surface area contributed by atoms with Crippen LogP contribution >= 0.6 is 9.39 Å². The number of carbonyl (C=O) groups excluding carboxylic acids is 3. The van der Waals surface area contributed by atoms with Crippen molar-refractivity contribution in [1.82, 2.24) is 9.99 Å². The summed E-state index contributed by atoms with van der Waals surface area (Å²) in [7, 11) is 2.37. The van der Waals surface area contributed by atoms with Gasteiger partial charge in [-0.25, -0.2) is 0 Å². The number of hydrogen-bond acceptors (Lipinski definition) is 5. The molecular weight excluding hydrogens is 363 g/mol. The maximum atomic E-state index is 13.2. The minimum absolute atomic E-state index is 0.0102. The predicted molar refractivity (Wildman–Crippen MR) is 108 cm³/mol. The molecule has 2 fully saturated rings. The molecule has 1 heterocycles. The second kappa shape index (κ2) is 7.73. The first-order valence-corrected chi connectivity index (χ1v) is 10.1. The van der Waals surface area contributed by atoms with Crippen LogP contribution < -0.4 is 5.09 Å². The largest absolute Gasteiger partial charge is 0.391 e. The Kier molecular flexibility index (Phi) is 6.35. The van der Waals surface area contributed by atoms with Gasteiger partial charge in [0, 0.05) is 24.3 Å². The van der Waals surface area contributed by atoms with Crippen molar-refractivity contribution in [2.45, 2.75) is 65.6 Å². The third kappa shape index (κ3) is 4.03. The lowest BCUT2D eigenvalue weighted by Gasteiger charge is -2.35. The zero-order chi connectivity index (χ0) is 20.7. The minimum Gasteiger partial charge on any atom is -0.391 e. The van der Waals surface area contributed by atoms with Gasteiger partial charge in [-0.1, -0.05) is 43.2 Å². The van der Waals surface area contributed by atoms with Crippen LogP contribution in [-0.4, -0.2) is 52.2 Å². The number of amides is 1. The highest BCUT2D eigenvalue weighted by Gasteiger charge is 2.59. The van der Waals surface area contributed by atoms with Gasteiger partial charge in [-0.2, -0.15) is 0 Å². The first-order chi connectivity index (χ1) is 12.4. The van der Waals surface area contributed by atoms with E-state index in [1.807, 2.05) is 20.8 Å². The molecule has 0 aromatic heterocycles. The Bertz CT molecular complexity index is 644. The Morgan fingerprint density at radius 3 is 2.41 bits per heavy atom. The molecule has 2 unspecified atom stereocenters. The van der Waals surface area contributed by atoms with Crippen LogP contribution in [0.15, 0.2) is 12.7 Å². The molecule has 7 atom stereocenters. The molecule has 0 spiro atoms. The fourth-order valence-electron chi connectivity index (χ4n) is 4.32. The lowest BCUT2D eigenvalue weighted by atomic mass is 9.84. The Balaban J connectivity index is 2.26. The van der Waals surface area contributed by atoms with Gasteiger partial charge in [-0.05, 0) is 24.7 Å². The van der Waals surface area contributed by atoms with Gasteiger partial charge in [-0.3, -0.25) is 19.5 Å². The highest BCUT2D eigenvalue weighted by molar-refractivity contribution is 7.13. The van der Waals surface area contributed by atoms with Crippen molar-refractivity contribution < 1.29 is 19.5 Å². The standard InChI is InChI=1S/C20H33N2O4P/c1-7-13-8-20(13,12(3)23)9-14(24)16-11(2)15(25)10-22(16)18(26)17(21-27)19(4,5)6/h7,11,13,15-17,21,25H,1,8-10,27H2,2-6H3/t11?,13-,15+,16+,17-,20+/m1/s1. The first kappa shape index (κ1) is 22.2. The molecule has 1 aliphatic heterocycles. The van der Waals surface area contributed by atoms with Crippen LogP contribution in [0, 0.1) is 22.7 Å². The lowest BCUT2D eigenvalue weighted by Crippen LogP contribution is -2.54. The third-order valence-electron chi connectivity index (χ3n) is 6.33. The number of allylic oxidation sites excluding steroid dienone is 1. The van der Waals surface area contributed by atoms with Crippen molar-refractivity contribution in [1.29, 1.82) is 0 Å². The van der Waals surface area contributed by atoms with E-state index >= 15 is 0 Å². The Hall–Kier alpha value is -1.10. The number of carbonyl (C=O) groups is 3. The highest BCUT2D eigenvalue weighted by atomic mass is 31.0. The summed E-state index contributed by atoms with van der Waals surface area (Å²) < 4.78 is 0. The Morgan fingerprint density at radius 1 is 1.41 bits per heavy atom. The number of β-amino-alcohol motifs (C(OH)–C–C–N with tert-alkyl or cyclic N) is 1. The summed E-state index contributed by atoms with van der Waals surface area (Å²) in [5.41, 5.74) is -1.03. The number of Topliss-reactive ketones (excluding diaryl/α,β-unsaturated/α-hetero) is 2. The molecule has 6 nitrogen and oxygen atoms in total. The molecule has 0 aromatic rings. The number of aliphatic hydroxyl groups excluding tert-OH is 1. The number of nitrogens with zero attached hydrogens (tertiary/aromatic N) is 1. The van der Waals surface area contributed by atoms with Gasteiger partial charge in [0.25, 0.3) is 0 Å². The Labute approximate surface area is 164 Å². The fraction of sp³-hybridized carbons (Fsp3) is 0.750. The van der Waals surface area contributed by atoms with Gasteiger partial charge in [0.05, 0.1) is 18.2 Å². The van der Waals surface area contributed by atoms with Crippen molar-refractivity contribution in [3.8, 4) is 0 Å². The molecule has 2 rings (SSSR count). The van der Waals surface area contributed by atoms with E-state index in [0.717, 1.165) is 0 Å². The van der Waals surface area contributed by atoms with Crippen LogP contribution in [0.25, 0.3) is 0 Å². The van der Waals surface area contributed by atoms with E-state index in [0.29, 0.717) is 6.42 Å². The summed E-state index contributed by atoms with van der Waals surface area (Å²) in [6, 6.07) is -1.21. The number of likely N-dealkylation sites (tertiary alicyclic amines) is 1.